The van der Waals surface area contributed by atoms with Crippen molar-refractivity contribution in [1.29, 1.82) is 0 Å². The lowest BCUT2D eigenvalue weighted by atomic mass is 9.92. The van der Waals surface area contributed by atoms with Gasteiger partial charge >= 0.3 is 6.03 Å². The van der Waals surface area contributed by atoms with E-state index in [1.54, 1.807) is 100 Å². The van der Waals surface area contributed by atoms with E-state index in [-0.39, 0.29) is 48.4 Å². The molecule has 3 N–H and O–H groups in total. The number of fused-ring (bicyclic) bond motifs is 2. The minimum Gasteiger partial charge on any atom is -0.497 e. The van der Waals surface area contributed by atoms with Crippen molar-refractivity contribution in [3.63, 3.8) is 0 Å². The van der Waals surface area contributed by atoms with Gasteiger partial charge in [-0.25, -0.2) is 42.4 Å². The molecule has 540 valence electrons. The van der Waals surface area contributed by atoms with Gasteiger partial charge in [-0.1, -0.05) is 108 Å². The van der Waals surface area contributed by atoms with Gasteiger partial charge in [0, 0.05) is 111 Å². The number of pyridine rings is 1. The average molecular weight is 1440 g/mol. The van der Waals surface area contributed by atoms with E-state index >= 15 is 4.79 Å². The third-order valence-electron chi connectivity index (χ3n) is 17.2. The predicted molar refractivity (Wildman–Crippen MR) is 402 cm³/mol. The van der Waals surface area contributed by atoms with Crippen molar-refractivity contribution in [3.8, 4) is 57.8 Å². The highest BCUT2D eigenvalue weighted by molar-refractivity contribution is 7.92. The van der Waals surface area contributed by atoms with E-state index in [2.05, 4.69) is 67.1 Å². The average Bonchev–Trinajstić information content (AvgIpc) is 1.64. The molecule has 0 saturated heterocycles. The Balaban J connectivity index is 0.943. The number of hydrogen-bond acceptors (Lipinski definition) is 21. The van der Waals surface area contributed by atoms with E-state index in [0.29, 0.717) is 146 Å². The fourth-order valence-corrected chi connectivity index (χ4v) is 13.4. The second-order valence-electron chi connectivity index (χ2n) is 26.9. The molecule has 25 nitrogen and oxygen atoms in total. The first-order valence-corrected chi connectivity index (χ1v) is 35.7. The van der Waals surface area contributed by atoms with E-state index in [1.165, 1.54) is 19.4 Å². The number of hydrogen-bond donors (Lipinski definition) is 3. The summed E-state index contributed by atoms with van der Waals surface area (Å²) >= 11 is 0. The molecule has 12 aromatic rings. The molecule has 0 unspecified atom stereocenters. The molecule has 0 atom stereocenters. The number of urea groups is 1. The molecule has 5 heterocycles. The Hall–Kier alpha value is -11.7. The van der Waals surface area contributed by atoms with Crippen LogP contribution in [-0.2, 0) is 30.1 Å². The maximum atomic E-state index is 17.8. The molecule has 7 aromatic carbocycles. The molecule has 2 amide bonds. The van der Waals surface area contributed by atoms with Crippen LogP contribution in [0.5, 0.6) is 46.4 Å². The van der Waals surface area contributed by atoms with Gasteiger partial charge in [0.25, 0.3) is 0 Å². The Bertz CT molecular complexity index is 5230. The van der Waals surface area contributed by atoms with Crippen LogP contribution in [-0.4, -0.2) is 130 Å². The van der Waals surface area contributed by atoms with Crippen LogP contribution in [0.1, 0.15) is 71.3 Å². The second-order valence-corrected chi connectivity index (χ2v) is 29.2. The van der Waals surface area contributed by atoms with Crippen molar-refractivity contribution in [2.24, 2.45) is 0 Å². The molecule has 0 radical (unpaired) electrons. The molecule has 1 aliphatic rings. The summed E-state index contributed by atoms with van der Waals surface area (Å²) in [5.41, 5.74) is 4.47. The SMILES string of the molecule is COc1cc(Nc2nccc(Oc3ccc(N(C(=O)N(c4cc(C(C)(C)C)nn4-c4ccc(C)cc4)c4cc(C(C)(C)C)nn4-c4ccc(OC)nc4)c4ccc(Oc5ccnc(Nc6cc(OC)cc(S(=O)(=O)C7CC7)c6)n5)c5ccccc45)c4ccccc34)n2)cc(OCCOCCOCCO)c1. The highest BCUT2D eigenvalue weighted by Crippen LogP contribution is 2.47. The van der Waals surface area contributed by atoms with E-state index < -0.39 is 31.9 Å². The first-order chi connectivity index (χ1) is 50.6. The molecule has 1 saturated carbocycles. The van der Waals surface area contributed by atoms with Gasteiger partial charge in [-0.3, -0.25) is 4.90 Å². The third-order valence-corrected chi connectivity index (χ3v) is 19.5. The largest absolute Gasteiger partial charge is 0.497 e. The van der Waals surface area contributed by atoms with Crippen LogP contribution < -0.4 is 48.9 Å². The number of aliphatic hydroxyl groups is 1. The zero-order valence-electron chi connectivity index (χ0n) is 59.9. The molecule has 0 bridgehead atoms. The van der Waals surface area contributed by atoms with Crippen LogP contribution in [0.2, 0.25) is 0 Å². The number of carbonyl (C=O) groups excluding carboxylic acids is 1. The highest BCUT2D eigenvalue weighted by atomic mass is 32.2. The summed E-state index contributed by atoms with van der Waals surface area (Å²) in [7, 11) is 1.02. The summed E-state index contributed by atoms with van der Waals surface area (Å²) in [6.07, 6.45) is 5.99. The normalized spacial score (nSPS) is 12.4. The molecule has 1 aliphatic carbocycles. The van der Waals surface area contributed by atoms with Crippen LogP contribution in [0, 0.1) is 6.92 Å². The number of ether oxygens (including phenoxy) is 8. The number of benzene rings is 7. The van der Waals surface area contributed by atoms with Crippen molar-refractivity contribution >= 4 is 83.7 Å². The Kier molecular flexibility index (Phi) is 21.0. The first-order valence-electron chi connectivity index (χ1n) is 34.2. The zero-order chi connectivity index (χ0) is 73.6. The van der Waals surface area contributed by atoms with Gasteiger partial charge in [-0.2, -0.15) is 20.2 Å². The van der Waals surface area contributed by atoms with Gasteiger partial charge in [0.05, 0.1) is 105 Å². The maximum Gasteiger partial charge on any atom is 0.340 e. The van der Waals surface area contributed by atoms with Gasteiger partial charge in [0.2, 0.25) is 29.5 Å². The number of aryl methyl sites for hydroxylation is 1. The molecular weight excluding hydrogens is 1360 g/mol. The number of aliphatic hydroxyl groups excluding tert-OH is 1. The van der Waals surface area contributed by atoms with Gasteiger partial charge in [-0.05, 0) is 74.4 Å². The number of amides is 2. The number of nitrogens with one attached hydrogen (secondary N) is 2. The number of carbonyl (C=O) groups is 1. The number of nitrogens with zero attached hydrogens (tertiary/aromatic N) is 11. The lowest BCUT2D eigenvalue weighted by molar-refractivity contribution is 0.0247. The molecule has 5 aromatic heterocycles. The lowest BCUT2D eigenvalue weighted by Crippen LogP contribution is -2.40. The molecule has 0 spiro atoms. The fourth-order valence-electron chi connectivity index (χ4n) is 11.7. The van der Waals surface area contributed by atoms with Crippen molar-refractivity contribution in [2.45, 2.75) is 82.3 Å². The van der Waals surface area contributed by atoms with E-state index in [4.69, 9.17) is 63.2 Å². The van der Waals surface area contributed by atoms with Crippen molar-refractivity contribution in [3.05, 3.63) is 205 Å². The van der Waals surface area contributed by atoms with E-state index in [1.807, 2.05) is 116 Å². The Morgan fingerprint density at radius 1 is 0.533 bits per heavy atom. The predicted octanol–water partition coefficient (Wildman–Crippen LogP) is 15.8. The second kappa shape index (κ2) is 30.7. The smallest absolute Gasteiger partial charge is 0.340 e. The minimum atomic E-state index is -3.58. The van der Waals surface area contributed by atoms with Crippen LogP contribution in [0.25, 0.3) is 32.9 Å². The maximum absolute atomic E-state index is 17.8. The van der Waals surface area contributed by atoms with Crippen LogP contribution in [0.15, 0.2) is 193 Å². The van der Waals surface area contributed by atoms with Gasteiger partial charge in [0.1, 0.15) is 47.0 Å². The Labute approximate surface area is 608 Å². The summed E-state index contributed by atoms with van der Waals surface area (Å²) in [5, 5.41) is 28.1. The van der Waals surface area contributed by atoms with Crippen molar-refractivity contribution in [2.75, 3.05) is 81.4 Å². The van der Waals surface area contributed by atoms with E-state index in [9.17, 15) is 8.42 Å². The topological polar surface area (TPSA) is 276 Å². The molecule has 105 heavy (non-hydrogen) atoms. The number of rotatable bonds is 28. The van der Waals surface area contributed by atoms with Gasteiger partial charge < -0.3 is 53.6 Å². The van der Waals surface area contributed by atoms with Crippen molar-refractivity contribution in [1.82, 2.24) is 44.5 Å². The molecule has 0 aliphatic heterocycles. The summed E-state index contributed by atoms with van der Waals surface area (Å²) < 4.78 is 77.7. The molecule has 1 fully saturated rings. The number of sulfone groups is 1. The monoisotopic (exact) mass is 1440 g/mol. The van der Waals surface area contributed by atoms with Crippen LogP contribution >= 0.6 is 0 Å². The quantitative estimate of drug-likeness (QED) is 0.0384. The minimum absolute atomic E-state index is 0.0563. The lowest BCUT2D eigenvalue weighted by Gasteiger charge is -2.32. The van der Waals surface area contributed by atoms with E-state index in [0.717, 1.165) is 5.56 Å². The standard InChI is InChI=1S/C79H81N13O12S/c1-50-19-21-53(22-20-50)91-73(47-68(87-91)78(2,3)4)90(74-48-69(79(5,6)7)88-92(74)54-23-30-70(99-10)82-49-54)77(94)89(65-27-29-67(63-18-14-12-16-61(63)65)104-72-32-34-81-76(86-72)84-52-42-56(98-9)46-59(44-52)105(95,96)58-24-25-58)64-26-28-66(62-17-13-11-15-60(62)64)103-71-31-33-80-75(85-71)83-51-41-55(97-8)45-57(43-51)102-40-39-101-38-37-100-36-35-93/h11-23,26-34,41-49,58,93H,24-25,35-40H2,1-10H3,(H,80,83,85)(H,81,84,86). The summed E-state index contributed by atoms with van der Waals surface area (Å²) in [6, 6.07) is 50.9. The Morgan fingerprint density at radius 2 is 1.04 bits per heavy atom. The van der Waals surface area contributed by atoms with Crippen molar-refractivity contribution < 1.29 is 56.2 Å². The fraction of sp³-hybridized carbons (Fsp3) is 0.266. The Morgan fingerprint density at radius 3 is 1.55 bits per heavy atom. The van der Waals surface area contributed by atoms with Gasteiger partial charge in [0.15, 0.2) is 9.84 Å². The third kappa shape index (κ3) is 16.2. The van der Waals surface area contributed by atoms with Crippen LogP contribution in [0.4, 0.5) is 51.1 Å². The number of aromatic nitrogens is 9. The summed E-state index contributed by atoms with van der Waals surface area (Å²) in [5.74, 6) is 4.07. The highest BCUT2D eigenvalue weighted by Gasteiger charge is 2.39. The summed E-state index contributed by atoms with van der Waals surface area (Å²) in [6.45, 7) is 15.9. The summed E-state index contributed by atoms with van der Waals surface area (Å²) in [4.78, 5) is 44.5. The van der Waals surface area contributed by atoms with Crippen LogP contribution in [0.3, 0.4) is 0 Å². The zero-order valence-corrected chi connectivity index (χ0v) is 60.7. The van der Waals surface area contributed by atoms with Gasteiger partial charge in [-0.15, -0.1) is 0 Å². The molecule has 13 rings (SSSR count). The molecule has 26 heteroatoms. The number of methoxy groups -OCH3 is 3. The number of anilines is 8. The molecular formula is C79H81N13O12S. The first kappa shape index (κ1) is 71.7.